The zero-order valence-corrected chi connectivity index (χ0v) is 6.83. The van der Waals surface area contributed by atoms with Gasteiger partial charge in [0.05, 0.1) is 6.10 Å². The van der Waals surface area contributed by atoms with Crippen LogP contribution in [-0.4, -0.2) is 5.11 Å². The maximum atomic E-state index is 9.18. The van der Waals surface area contributed by atoms with E-state index < -0.39 is 6.10 Å². The third-order valence-corrected chi connectivity index (χ3v) is 1.79. The lowest BCUT2D eigenvalue weighted by atomic mass is 10.1. The summed E-state index contributed by atoms with van der Waals surface area (Å²) in [6, 6.07) is 5.60. The van der Waals surface area contributed by atoms with Gasteiger partial charge in [-0.15, -0.1) is 0 Å². The highest BCUT2D eigenvalue weighted by Gasteiger charge is 2.01. The Morgan fingerprint density at radius 2 is 2.09 bits per heavy atom. The minimum absolute atomic E-state index is 0.433. The van der Waals surface area contributed by atoms with Gasteiger partial charge < -0.3 is 10.8 Å². The molecule has 0 amide bonds. The van der Waals surface area contributed by atoms with Gasteiger partial charge in [0.15, 0.2) is 0 Å². The van der Waals surface area contributed by atoms with Crippen molar-refractivity contribution in [3.05, 3.63) is 29.3 Å². The fraction of sp³-hybridized carbons (Fsp3) is 0.333. The van der Waals surface area contributed by atoms with Crippen LogP contribution in [0.3, 0.4) is 0 Å². The molecule has 0 saturated carbocycles. The van der Waals surface area contributed by atoms with Crippen molar-refractivity contribution in [2.75, 3.05) is 5.73 Å². The van der Waals surface area contributed by atoms with Crippen LogP contribution in [0.2, 0.25) is 0 Å². The molecule has 1 atom stereocenters. The first kappa shape index (κ1) is 8.08. The second-order valence-electron chi connectivity index (χ2n) is 2.79. The Bertz CT molecular complexity index is 256. The SMILES string of the molecule is Cc1ccc([C@H](C)O)cc1N. The van der Waals surface area contributed by atoms with E-state index >= 15 is 0 Å². The molecule has 11 heavy (non-hydrogen) atoms. The lowest BCUT2D eigenvalue weighted by Gasteiger charge is -2.06. The Morgan fingerprint density at radius 3 is 2.55 bits per heavy atom. The first-order valence-electron chi connectivity index (χ1n) is 3.65. The zero-order chi connectivity index (χ0) is 8.43. The van der Waals surface area contributed by atoms with Crippen LogP contribution in [0.5, 0.6) is 0 Å². The third-order valence-electron chi connectivity index (χ3n) is 1.79. The fourth-order valence-electron chi connectivity index (χ4n) is 0.919. The molecule has 3 N–H and O–H groups in total. The third kappa shape index (κ3) is 1.71. The molecule has 0 spiro atoms. The van der Waals surface area contributed by atoms with Gasteiger partial charge in [0, 0.05) is 5.69 Å². The summed E-state index contributed by atoms with van der Waals surface area (Å²) in [5.74, 6) is 0. The molecule has 0 saturated heterocycles. The van der Waals surface area contributed by atoms with Gasteiger partial charge in [-0.1, -0.05) is 12.1 Å². The number of nitrogen functional groups attached to an aromatic ring is 1. The Hall–Kier alpha value is -1.02. The van der Waals surface area contributed by atoms with Crippen LogP contribution in [0.4, 0.5) is 5.69 Å². The Morgan fingerprint density at radius 1 is 1.45 bits per heavy atom. The highest BCUT2D eigenvalue weighted by Crippen LogP contribution is 2.17. The normalized spacial score (nSPS) is 13.0. The molecule has 0 aliphatic carbocycles. The smallest absolute Gasteiger partial charge is 0.0762 e. The number of aryl methyl sites for hydroxylation is 1. The van der Waals surface area contributed by atoms with Gasteiger partial charge in [-0.25, -0.2) is 0 Å². The average Bonchev–Trinajstić information content (AvgIpc) is 1.94. The molecule has 0 heterocycles. The van der Waals surface area contributed by atoms with E-state index in [0.717, 1.165) is 16.8 Å². The number of anilines is 1. The highest BCUT2D eigenvalue weighted by molar-refractivity contribution is 5.48. The first-order valence-corrected chi connectivity index (χ1v) is 3.65. The van der Waals surface area contributed by atoms with Crippen LogP contribution in [0.1, 0.15) is 24.2 Å². The van der Waals surface area contributed by atoms with Crippen LogP contribution in [0, 0.1) is 6.92 Å². The number of hydrogen-bond acceptors (Lipinski definition) is 2. The number of nitrogens with two attached hydrogens (primary N) is 1. The van der Waals surface area contributed by atoms with Crippen molar-refractivity contribution in [3.63, 3.8) is 0 Å². The summed E-state index contributed by atoms with van der Waals surface area (Å²) in [6.07, 6.45) is -0.433. The lowest BCUT2D eigenvalue weighted by Crippen LogP contribution is -1.95. The van der Waals surface area contributed by atoms with Crippen LogP contribution in [0.25, 0.3) is 0 Å². The molecule has 0 bridgehead atoms. The maximum Gasteiger partial charge on any atom is 0.0762 e. The number of aliphatic hydroxyl groups is 1. The maximum absolute atomic E-state index is 9.18. The van der Waals surface area contributed by atoms with Crippen LogP contribution < -0.4 is 5.73 Å². The van der Waals surface area contributed by atoms with Crippen molar-refractivity contribution >= 4 is 5.69 Å². The van der Waals surface area contributed by atoms with E-state index in [2.05, 4.69) is 0 Å². The number of aliphatic hydroxyl groups excluding tert-OH is 1. The highest BCUT2D eigenvalue weighted by atomic mass is 16.3. The molecule has 0 aliphatic rings. The fourth-order valence-corrected chi connectivity index (χ4v) is 0.919. The predicted molar refractivity (Wildman–Crippen MR) is 46.2 cm³/mol. The van der Waals surface area contributed by atoms with E-state index in [-0.39, 0.29) is 0 Å². The number of rotatable bonds is 1. The van der Waals surface area contributed by atoms with Gasteiger partial charge in [-0.05, 0) is 31.0 Å². The largest absolute Gasteiger partial charge is 0.399 e. The molecule has 60 valence electrons. The van der Waals surface area contributed by atoms with E-state index in [0.29, 0.717) is 0 Å². The standard InChI is InChI=1S/C9H13NO/c1-6-3-4-8(7(2)11)5-9(6)10/h3-5,7,11H,10H2,1-2H3/t7-/m0/s1. The van der Waals surface area contributed by atoms with Crippen molar-refractivity contribution in [1.29, 1.82) is 0 Å². The molecule has 1 rings (SSSR count). The monoisotopic (exact) mass is 151 g/mol. The molecule has 0 aromatic heterocycles. The van der Waals surface area contributed by atoms with Crippen molar-refractivity contribution in [3.8, 4) is 0 Å². The van der Waals surface area contributed by atoms with Gasteiger partial charge in [0.2, 0.25) is 0 Å². The van der Waals surface area contributed by atoms with Crippen molar-refractivity contribution < 1.29 is 5.11 Å². The topological polar surface area (TPSA) is 46.2 Å². The van der Waals surface area contributed by atoms with Crippen LogP contribution >= 0.6 is 0 Å². The number of benzene rings is 1. The van der Waals surface area contributed by atoms with Crippen molar-refractivity contribution in [2.24, 2.45) is 0 Å². The van der Waals surface area contributed by atoms with Gasteiger partial charge in [0.25, 0.3) is 0 Å². The summed E-state index contributed by atoms with van der Waals surface area (Å²) >= 11 is 0. The van der Waals surface area contributed by atoms with Crippen LogP contribution in [-0.2, 0) is 0 Å². The Balaban J connectivity index is 3.05. The summed E-state index contributed by atoms with van der Waals surface area (Å²) in [7, 11) is 0. The van der Waals surface area contributed by atoms with E-state index in [1.165, 1.54) is 0 Å². The predicted octanol–water partition coefficient (Wildman–Crippen LogP) is 1.63. The lowest BCUT2D eigenvalue weighted by molar-refractivity contribution is 0.199. The van der Waals surface area contributed by atoms with E-state index in [9.17, 15) is 5.11 Å². The Labute approximate surface area is 66.7 Å². The molecule has 0 unspecified atom stereocenters. The van der Waals surface area contributed by atoms with Gasteiger partial charge in [-0.3, -0.25) is 0 Å². The number of hydrogen-bond donors (Lipinski definition) is 2. The summed E-state index contributed by atoms with van der Waals surface area (Å²) in [6.45, 7) is 3.67. The van der Waals surface area contributed by atoms with Crippen molar-refractivity contribution in [2.45, 2.75) is 20.0 Å². The molecular formula is C9H13NO. The minimum atomic E-state index is -0.433. The molecule has 0 radical (unpaired) electrons. The van der Waals surface area contributed by atoms with E-state index in [1.54, 1.807) is 13.0 Å². The quantitative estimate of drug-likeness (QED) is 0.599. The summed E-state index contributed by atoms with van der Waals surface area (Å²) < 4.78 is 0. The molecule has 0 aliphatic heterocycles. The first-order chi connectivity index (χ1) is 5.11. The van der Waals surface area contributed by atoms with E-state index in [4.69, 9.17) is 5.73 Å². The van der Waals surface area contributed by atoms with Crippen LogP contribution in [0.15, 0.2) is 18.2 Å². The summed E-state index contributed by atoms with van der Waals surface area (Å²) in [5.41, 5.74) is 8.31. The molecule has 0 fully saturated rings. The van der Waals surface area contributed by atoms with Gasteiger partial charge >= 0.3 is 0 Å². The van der Waals surface area contributed by atoms with E-state index in [1.807, 2.05) is 19.1 Å². The second-order valence-corrected chi connectivity index (χ2v) is 2.79. The molecule has 1 aromatic carbocycles. The van der Waals surface area contributed by atoms with Gasteiger partial charge in [-0.2, -0.15) is 0 Å². The summed E-state index contributed by atoms with van der Waals surface area (Å²) in [4.78, 5) is 0. The second kappa shape index (κ2) is 2.93. The van der Waals surface area contributed by atoms with Gasteiger partial charge in [0.1, 0.15) is 0 Å². The molecule has 2 nitrogen and oxygen atoms in total. The molecular weight excluding hydrogens is 138 g/mol. The average molecular weight is 151 g/mol. The Kier molecular flexibility index (Phi) is 2.15. The van der Waals surface area contributed by atoms with Crippen molar-refractivity contribution in [1.82, 2.24) is 0 Å². The molecule has 2 heteroatoms. The molecule has 1 aromatic rings. The summed E-state index contributed by atoms with van der Waals surface area (Å²) in [5, 5.41) is 9.18. The minimum Gasteiger partial charge on any atom is -0.399 e. The zero-order valence-electron chi connectivity index (χ0n) is 6.83.